The zero-order valence-corrected chi connectivity index (χ0v) is 20.4. The molecule has 1 aliphatic rings. The van der Waals surface area contributed by atoms with E-state index in [4.69, 9.17) is 5.73 Å². The number of H-pyrrole nitrogens is 1. The second-order valence-corrected chi connectivity index (χ2v) is 9.22. The van der Waals surface area contributed by atoms with E-state index in [1.807, 2.05) is 54.6 Å². The second kappa shape index (κ2) is 11.7. The van der Waals surface area contributed by atoms with Crippen molar-refractivity contribution in [2.24, 2.45) is 5.73 Å². The lowest BCUT2D eigenvalue weighted by molar-refractivity contribution is -0.144. The van der Waals surface area contributed by atoms with Gasteiger partial charge in [0.15, 0.2) is 0 Å². The number of aromatic amines is 1. The number of rotatable bonds is 10. The summed E-state index contributed by atoms with van der Waals surface area (Å²) in [5.74, 6) is -2.55. The smallest absolute Gasteiger partial charge is 0.326 e. The summed E-state index contributed by atoms with van der Waals surface area (Å²) >= 11 is 0. The first kappa shape index (κ1) is 25.9. The molecule has 37 heavy (non-hydrogen) atoms. The predicted octanol–water partition coefficient (Wildman–Crippen LogP) is 0.957. The van der Waals surface area contributed by atoms with Crippen LogP contribution in [0.1, 0.15) is 24.0 Å². The van der Waals surface area contributed by atoms with Gasteiger partial charge < -0.3 is 31.4 Å². The molecule has 3 unspecified atom stereocenters. The van der Waals surface area contributed by atoms with Crippen LogP contribution in [0.4, 0.5) is 0 Å². The Morgan fingerprint density at radius 1 is 1.05 bits per heavy atom. The normalized spacial score (nSPS) is 16.8. The molecule has 1 aliphatic heterocycles. The van der Waals surface area contributed by atoms with Crippen molar-refractivity contribution >= 4 is 34.6 Å². The van der Waals surface area contributed by atoms with E-state index >= 15 is 0 Å². The van der Waals surface area contributed by atoms with Crippen molar-refractivity contribution in [2.45, 2.75) is 43.8 Å². The maximum Gasteiger partial charge on any atom is 0.326 e. The van der Waals surface area contributed by atoms with E-state index in [-0.39, 0.29) is 13.0 Å². The number of hydrogen-bond donors (Lipinski definition) is 5. The Morgan fingerprint density at radius 2 is 1.78 bits per heavy atom. The average molecular weight is 506 g/mol. The van der Waals surface area contributed by atoms with E-state index in [0.717, 1.165) is 22.0 Å². The summed E-state index contributed by atoms with van der Waals surface area (Å²) in [5.41, 5.74) is 8.55. The number of nitrogens with one attached hydrogen (secondary N) is 3. The number of carbonyl (C=O) groups excluding carboxylic acids is 3. The molecule has 3 aromatic rings. The van der Waals surface area contributed by atoms with Crippen LogP contribution in [-0.4, -0.2) is 69.9 Å². The van der Waals surface area contributed by atoms with Crippen LogP contribution in [-0.2, 0) is 32.0 Å². The third-order valence-electron chi connectivity index (χ3n) is 6.64. The number of carboxylic acids is 1. The molecule has 0 saturated carbocycles. The number of amides is 3. The lowest BCUT2D eigenvalue weighted by atomic mass is 10.0. The van der Waals surface area contributed by atoms with Gasteiger partial charge in [-0.25, -0.2) is 4.79 Å². The van der Waals surface area contributed by atoms with Crippen molar-refractivity contribution in [1.29, 1.82) is 0 Å². The van der Waals surface area contributed by atoms with Crippen LogP contribution < -0.4 is 16.4 Å². The molecule has 2 aromatic carbocycles. The van der Waals surface area contributed by atoms with Crippen LogP contribution in [0, 0.1) is 0 Å². The summed E-state index contributed by atoms with van der Waals surface area (Å²) in [6.45, 7) is 0.0614. The molecule has 3 atom stereocenters. The van der Waals surface area contributed by atoms with Crippen LogP contribution in [0.5, 0.6) is 0 Å². The standard InChI is InChI=1S/C27H31N5O5/c28-20(13-17-7-2-1-3-8-17)25(34)30-16-24(33)32-12-6-11-23(32)26(35)31-22(27(36)37)14-18-15-29-21-10-5-4-9-19(18)21/h1-5,7-10,15,20,22-23,29H,6,11-14,16,28H2,(H,30,34)(H,31,35)(H,36,37). The monoisotopic (exact) mass is 505 g/mol. The SMILES string of the molecule is NC(Cc1ccccc1)C(=O)NCC(=O)N1CCCC1C(=O)NC(Cc1c[nH]c2ccccc12)C(=O)O. The van der Waals surface area contributed by atoms with Gasteiger partial charge in [-0.05, 0) is 36.5 Å². The minimum Gasteiger partial charge on any atom is -0.480 e. The Kier molecular flexibility index (Phi) is 8.19. The Morgan fingerprint density at radius 3 is 2.54 bits per heavy atom. The van der Waals surface area contributed by atoms with E-state index in [0.29, 0.717) is 25.8 Å². The zero-order chi connectivity index (χ0) is 26.4. The summed E-state index contributed by atoms with van der Waals surface area (Å²) in [6, 6.07) is 14.1. The third kappa shape index (κ3) is 6.34. The van der Waals surface area contributed by atoms with E-state index < -0.39 is 41.8 Å². The Labute approximate surface area is 214 Å². The summed E-state index contributed by atoms with van der Waals surface area (Å²) in [6.07, 6.45) is 3.19. The van der Waals surface area contributed by atoms with Gasteiger partial charge in [-0.3, -0.25) is 14.4 Å². The predicted molar refractivity (Wildman–Crippen MR) is 137 cm³/mol. The van der Waals surface area contributed by atoms with Gasteiger partial charge in [-0.2, -0.15) is 0 Å². The van der Waals surface area contributed by atoms with E-state index in [9.17, 15) is 24.3 Å². The van der Waals surface area contributed by atoms with Gasteiger partial charge in [0.25, 0.3) is 0 Å². The Hall–Kier alpha value is -4.18. The highest BCUT2D eigenvalue weighted by Gasteiger charge is 2.36. The lowest BCUT2D eigenvalue weighted by Crippen LogP contribution is -2.53. The second-order valence-electron chi connectivity index (χ2n) is 9.22. The third-order valence-corrected chi connectivity index (χ3v) is 6.64. The molecule has 1 saturated heterocycles. The van der Waals surface area contributed by atoms with Crippen molar-refractivity contribution in [3.63, 3.8) is 0 Å². The van der Waals surface area contributed by atoms with Crippen LogP contribution in [0.3, 0.4) is 0 Å². The van der Waals surface area contributed by atoms with Crippen LogP contribution in [0.15, 0.2) is 60.8 Å². The van der Waals surface area contributed by atoms with Crippen molar-refractivity contribution in [3.05, 3.63) is 71.9 Å². The molecular weight excluding hydrogens is 474 g/mol. The molecule has 3 amide bonds. The molecule has 4 rings (SSSR count). The molecular formula is C27H31N5O5. The highest BCUT2D eigenvalue weighted by molar-refractivity contribution is 5.93. The first-order chi connectivity index (χ1) is 17.8. The summed E-state index contributed by atoms with van der Waals surface area (Å²) in [4.78, 5) is 54.7. The maximum atomic E-state index is 13.0. The van der Waals surface area contributed by atoms with Crippen molar-refractivity contribution in [1.82, 2.24) is 20.5 Å². The van der Waals surface area contributed by atoms with Gasteiger partial charge in [-0.15, -0.1) is 0 Å². The largest absolute Gasteiger partial charge is 0.480 e. The van der Waals surface area contributed by atoms with Gasteiger partial charge in [0, 0.05) is 30.1 Å². The van der Waals surface area contributed by atoms with Crippen LogP contribution >= 0.6 is 0 Å². The molecule has 194 valence electrons. The quantitative estimate of drug-likeness (QED) is 0.276. The minimum absolute atomic E-state index is 0.0983. The molecule has 0 radical (unpaired) electrons. The molecule has 0 aliphatic carbocycles. The summed E-state index contributed by atoms with van der Waals surface area (Å²) < 4.78 is 0. The number of carbonyl (C=O) groups is 4. The fraction of sp³-hybridized carbons (Fsp3) is 0.333. The number of fused-ring (bicyclic) bond motifs is 1. The highest BCUT2D eigenvalue weighted by Crippen LogP contribution is 2.21. The van der Waals surface area contributed by atoms with Gasteiger partial charge >= 0.3 is 5.97 Å². The molecule has 10 heteroatoms. The van der Waals surface area contributed by atoms with Gasteiger partial charge in [0.05, 0.1) is 12.6 Å². The Bertz CT molecular complexity index is 1270. The number of nitrogens with zero attached hydrogens (tertiary/aromatic N) is 1. The zero-order valence-electron chi connectivity index (χ0n) is 20.4. The van der Waals surface area contributed by atoms with E-state index in [1.165, 1.54) is 4.90 Å². The maximum absolute atomic E-state index is 13.0. The highest BCUT2D eigenvalue weighted by atomic mass is 16.4. The molecule has 10 nitrogen and oxygen atoms in total. The number of carboxylic acid groups (broad SMARTS) is 1. The van der Waals surface area contributed by atoms with Crippen LogP contribution in [0.2, 0.25) is 0 Å². The molecule has 1 fully saturated rings. The molecule has 0 bridgehead atoms. The number of benzene rings is 2. The Balaban J connectivity index is 1.32. The molecule has 0 spiro atoms. The van der Waals surface area contributed by atoms with E-state index in [2.05, 4.69) is 15.6 Å². The molecule has 6 N–H and O–H groups in total. The van der Waals surface area contributed by atoms with E-state index in [1.54, 1.807) is 6.20 Å². The minimum atomic E-state index is -1.16. The topological polar surface area (TPSA) is 158 Å². The van der Waals surface area contributed by atoms with Crippen LogP contribution in [0.25, 0.3) is 10.9 Å². The number of para-hydroxylation sites is 1. The summed E-state index contributed by atoms with van der Waals surface area (Å²) in [5, 5.41) is 15.8. The van der Waals surface area contributed by atoms with Crippen molar-refractivity contribution < 1.29 is 24.3 Å². The molecule has 2 heterocycles. The first-order valence-electron chi connectivity index (χ1n) is 12.3. The number of nitrogens with two attached hydrogens (primary N) is 1. The van der Waals surface area contributed by atoms with Gasteiger partial charge in [0.2, 0.25) is 17.7 Å². The lowest BCUT2D eigenvalue weighted by Gasteiger charge is -2.26. The number of likely N-dealkylation sites (tertiary alicyclic amines) is 1. The van der Waals surface area contributed by atoms with Gasteiger partial charge in [-0.1, -0.05) is 48.5 Å². The molecule has 1 aromatic heterocycles. The van der Waals surface area contributed by atoms with Crippen molar-refractivity contribution in [3.8, 4) is 0 Å². The average Bonchev–Trinajstić information content (AvgIpc) is 3.55. The number of hydrogen-bond acceptors (Lipinski definition) is 5. The fourth-order valence-corrected chi connectivity index (χ4v) is 4.68. The number of aromatic nitrogens is 1. The summed E-state index contributed by atoms with van der Waals surface area (Å²) in [7, 11) is 0. The number of aliphatic carboxylic acids is 1. The van der Waals surface area contributed by atoms with Crippen molar-refractivity contribution in [2.75, 3.05) is 13.1 Å². The first-order valence-corrected chi connectivity index (χ1v) is 12.3. The fourth-order valence-electron chi connectivity index (χ4n) is 4.68. The van der Waals surface area contributed by atoms with Gasteiger partial charge in [0.1, 0.15) is 12.1 Å².